The second-order valence-electron chi connectivity index (χ2n) is 8.87. The molecule has 0 N–H and O–H groups in total. The molecule has 2 heteroatoms. The maximum atomic E-state index is 12.8. The van der Waals surface area contributed by atoms with E-state index in [1.807, 2.05) is 6.08 Å². The molecular formula is C24H26O2. The summed E-state index contributed by atoms with van der Waals surface area (Å²) < 4.78 is 0. The second-order valence-corrected chi connectivity index (χ2v) is 8.87. The van der Waals surface area contributed by atoms with Gasteiger partial charge >= 0.3 is 0 Å². The smallest absolute Gasteiger partial charge is 0.156 e. The minimum Gasteiger partial charge on any atom is -0.299 e. The van der Waals surface area contributed by atoms with Gasteiger partial charge < -0.3 is 0 Å². The van der Waals surface area contributed by atoms with Crippen LogP contribution in [0.15, 0.2) is 53.1 Å². The van der Waals surface area contributed by atoms with Crippen molar-refractivity contribution in [2.24, 2.45) is 17.3 Å². The number of hydrogen-bond acceptors (Lipinski definition) is 2. The third-order valence-corrected chi connectivity index (χ3v) is 7.65. The van der Waals surface area contributed by atoms with Crippen molar-refractivity contribution < 1.29 is 9.59 Å². The average molecular weight is 346 g/mol. The van der Waals surface area contributed by atoms with Crippen LogP contribution in [-0.2, 0) is 9.59 Å². The summed E-state index contributed by atoms with van der Waals surface area (Å²) in [6.07, 6.45) is 8.33. The van der Waals surface area contributed by atoms with E-state index >= 15 is 0 Å². The van der Waals surface area contributed by atoms with E-state index in [1.165, 1.54) is 16.7 Å². The fourth-order valence-corrected chi connectivity index (χ4v) is 6.42. The molecule has 0 saturated heterocycles. The molecule has 2 fully saturated rings. The van der Waals surface area contributed by atoms with E-state index in [2.05, 4.69) is 37.3 Å². The van der Waals surface area contributed by atoms with Crippen molar-refractivity contribution in [3.05, 3.63) is 58.7 Å². The van der Waals surface area contributed by atoms with Gasteiger partial charge in [0, 0.05) is 24.2 Å². The zero-order chi connectivity index (χ0) is 17.9. The van der Waals surface area contributed by atoms with Crippen LogP contribution in [0.2, 0.25) is 0 Å². The van der Waals surface area contributed by atoms with Crippen LogP contribution >= 0.6 is 0 Å². The molecule has 5 rings (SSSR count). The van der Waals surface area contributed by atoms with E-state index in [-0.39, 0.29) is 11.2 Å². The molecule has 0 aliphatic heterocycles. The fourth-order valence-electron chi connectivity index (χ4n) is 6.42. The maximum absolute atomic E-state index is 12.8. The Morgan fingerprint density at radius 1 is 0.962 bits per heavy atom. The summed E-state index contributed by atoms with van der Waals surface area (Å²) in [6.45, 7) is 2.24. The van der Waals surface area contributed by atoms with Crippen LogP contribution in [0.5, 0.6) is 0 Å². The SMILES string of the molecule is C[C@]12C[C@H](c3ccccc3)C3=C4CCC(=O)C=C4CCC3C1CCC2=O. The van der Waals surface area contributed by atoms with E-state index in [0.717, 1.165) is 38.5 Å². The van der Waals surface area contributed by atoms with Crippen LogP contribution in [0.4, 0.5) is 0 Å². The Morgan fingerprint density at radius 3 is 2.58 bits per heavy atom. The molecule has 2 nitrogen and oxygen atoms in total. The van der Waals surface area contributed by atoms with Crippen molar-refractivity contribution >= 4 is 11.6 Å². The maximum Gasteiger partial charge on any atom is 0.156 e. The van der Waals surface area contributed by atoms with Gasteiger partial charge in [0.25, 0.3) is 0 Å². The van der Waals surface area contributed by atoms with Crippen molar-refractivity contribution in [1.29, 1.82) is 0 Å². The first-order valence-electron chi connectivity index (χ1n) is 10.1. The zero-order valence-electron chi connectivity index (χ0n) is 15.5. The van der Waals surface area contributed by atoms with Crippen molar-refractivity contribution in [3.63, 3.8) is 0 Å². The number of rotatable bonds is 1. The molecule has 0 spiro atoms. The summed E-state index contributed by atoms with van der Waals surface area (Å²) in [7, 11) is 0. The lowest BCUT2D eigenvalue weighted by atomic mass is 9.53. The van der Waals surface area contributed by atoms with Gasteiger partial charge in [0.1, 0.15) is 5.78 Å². The lowest BCUT2D eigenvalue weighted by Gasteiger charge is -2.50. The summed E-state index contributed by atoms with van der Waals surface area (Å²) in [5.74, 6) is 2.11. The largest absolute Gasteiger partial charge is 0.299 e. The summed E-state index contributed by atoms with van der Waals surface area (Å²) in [5.41, 5.74) is 5.52. The predicted octanol–water partition coefficient (Wildman–Crippen LogP) is 5.16. The van der Waals surface area contributed by atoms with E-state index < -0.39 is 0 Å². The normalized spacial score (nSPS) is 36.3. The summed E-state index contributed by atoms with van der Waals surface area (Å²) >= 11 is 0. The van der Waals surface area contributed by atoms with E-state index in [9.17, 15) is 9.59 Å². The number of fused-ring (bicyclic) bond motifs is 4. The molecule has 0 radical (unpaired) electrons. The number of ketones is 2. The first-order chi connectivity index (χ1) is 12.6. The summed E-state index contributed by atoms with van der Waals surface area (Å²) in [5, 5.41) is 0. The van der Waals surface area contributed by atoms with Crippen LogP contribution in [0.3, 0.4) is 0 Å². The van der Waals surface area contributed by atoms with Crippen LogP contribution in [0.1, 0.15) is 63.4 Å². The zero-order valence-corrected chi connectivity index (χ0v) is 15.5. The molecule has 4 atom stereocenters. The lowest BCUT2D eigenvalue weighted by Crippen LogP contribution is -2.43. The number of allylic oxidation sites excluding steroid dienone is 4. The van der Waals surface area contributed by atoms with Crippen LogP contribution < -0.4 is 0 Å². The molecular weight excluding hydrogens is 320 g/mol. The molecule has 134 valence electrons. The predicted molar refractivity (Wildman–Crippen MR) is 102 cm³/mol. The molecule has 26 heavy (non-hydrogen) atoms. The van der Waals surface area contributed by atoms with E-state index in [0.29, 0.717) is 30.0 Å². The monoisotopic (exact) mass is 346 g/mol. The highest BCUT2D eigenvalue weighted by molar-refractivity contribution is 5.93. The van der Waals surface area contributed by atoms with Gasteiger partial charge in [0.15, 0.2) is 5.78 Å². The number of carbonyl (C=O) groups excluding carboxylic acids is 2. The fraction of sp³-hybridized carbons (Fsp3) is 0.500. The molecule has 2 unspecified atom stereocenters. The molecule has 0 amide bonds. The van der Waals surface area contributed by atoms with Crippen LogP contribution in [0.25, 0.3) is 0 Å². The van der Waals surface area contributed by atoms with Crippen molar-refractivity contribution in [2.45, 2.75) is 57.8 Å². The van der Waals surface area contributed by atoms with Crippen molar-refractivity contribution in [1.82, 2.24) is 0 Å². The third-order valence-electron chi connectivity index (χ3n) is 7.65. The van der Waals surface area contributed by atoms with Gasteiger partial charge in [-0.25, -0.2) is 0 Å². The second kappa shape index (κ2) is 5.77. The standard InChI is InChI=1S/C24H26O2/c1-24-14-20(15-5-3-2-4-6-15)23-18-10-8-17(25)13-16(18)7-9-19(23)21(24)11-12-22(24)26/h2-6,13,19-21H,7-12,14H2,1H3/t19?,20-,21?,24+/m1/s1. The molecule has 0 aromatic heterocycles. The summed E-state index contributed by atoms with van der Waals surface area (Å²) in [4.78, 5) is 24.8. The van der Waals surface area contributed by atoms with E-state index in [1.54, 1.807) is 5.57 Å². The van der Waals surface area contributed by atoms with Gasteiger partial charge in [-0.1, -0.05) is 42.8 Å². The Bertz CT molecular complexity index is 844. The number of Topliss-reactive ketones (excluding diaryl/α,β-unsaturated/α-hetero) is 1. The number of hydrogen-bond donors (Lipinski definition) is 0. The molecule has 0 heterocycles. The third kappa shape index (κ3) is 2.24. The van der Waals surface area contributed by atoms with Crippen LogP contribution in [-0.4, -0.2) is 11.6 Å². The topological polar surface area (TPSA) is 34.1 Å². The van der Waals surface area contributed by atoms with Gasteiger partial charge in [0.05, 0.1) is 0 Å². The lowest BCUT2D eigenvalue weighted by molar-refractivity contribution is -0.128. The van der Waals surface area contributed by atoms with Crippen molar-refractivity contribution in [3.8, 4) is 0 Å². The van der Waals surface area contributed by atoms with Gasteiger partial charge in [0.2, 0.25) is 0 Å². The Morgan fingerprint density at radius 2 is 1.77 bits per heavy atom. The first kappa shape index (κ1) is 16.2. The van der Waals surface area contributed by atoms with Gasteiger partial charge in [-0.05, 0) is 66.7 Å². The molecule has 4 aliphatic rings. The van der Waals surface area contributed by atoms with E-state index in [4.69, 9.17) is 0 Å². The molecule has 0 bridgehead atoms. The van der Waals surface area contributed by atoms with Gasteiger partial charge in [-0.2, -0.15) is 0 Å². The van der Waals surface area contributed by atoms with Gasteiger partial charge in [-0.15, -0.1) is 0 Å². The minimum atomic E-state index is -0.166. The summed E-state index contributed by atoms with van der Waals surface area (Å²) in [6, 6.07) is 10.8. The number of carbonyl (C=O) groups is 2. The average Bonchev–Trinajstić information content (AvgIpc) is 2.96. The van der Waals surface area contributed by atoms with Crippen LogP contribution in [0, 0.1) is 17.3 Å². The Balaban J connectivity index is 1.70. The Hall–Kier alpha value is -1.96. The minimum absolute atomic E-state index is 0.166. The highest BCUT2D eigenvalue weighted by atomic mass is 16.1. The highest BCUT2D eigenvalue weighted by Crippen LogP contribution is 2.62. The first-order valence-corrected chi connectivity index (χ1v) is 10.1. The van der Waals surface area contributed by atoms with Gasteiger partial charge in [-0.3, -0.25) is 9.59 Å². The molecule has 1 aromatic rings. The molecule has 1 aromatic carbocycles. The molecule has 4 aliphatic carbocycles. The Labute approximate surface area is 155 Å². The highest BCUT2D eigenvalue weighted by Gasteiger charge is 2.56. The quantitative estimate of drug-likeness (QED) is 0.704. The Kier molecular flexibility index (Phi) is 3.60. The number of benzene rings is 1. The van der Waals surface area contributed by atoms with Crippen molar-refractivity contribution in [2.75, 3.05) is 0 Å². The molecule has 2 saturated carbocycles.